The molecule has 1 aromatic carbocycles. The molecule has 2 rings (SSSR count). The fraction of sp³-hybridized carbons (Fsp3) is 0.385. The van der Waals surface area contributed by atoms with Gasteiger partial charge in [-0.15, -0.1) is 0 Å². The molecule has 114 valence electrons. The van der Waals surface area contributed by atoms with Gasteiger partial charge in [0.1, 0.15) is 5.82 Å². The number of rotatable bonds is 7. The number of aromatic amines is 1. The lowest BCUT2D eigenvalue weighted by atomic mass is 10.2. The van der Waals surface area contributed by atoms with E-state index in [9.17, 15) is 13.2 Å². The molecule has 0 saturated carbocycles. The summed E-state index contributed by atoms with van der Waals surface area (Å²) in [6.07, 6.45) is 1.79. The van der Waals surface area contributed by atoms with E-state index in [-0.39, 0.29) is 5.56 Å². The molecule has 0 aliphatic heterocycles. The lowest BCUT2D eigenvalue weighted by Crippen LogP contribution is -2.27. The molecule has 3 N–H and O–H groups in total. The molecule has 0 amide bonds. The van der Waals surface area contributed by atoms with Crippen LogP contribution < -0.4 is 15.6 Å². The lowest BCUT2D eigenvalue weighted by molar-refractivity contribution is 0.577. The quantitative estimate of drug-likeness (QED) is 0.622. The average Bonchev–Trinajstić information content (AvgIpc) is 2.41. The van der Waals surface area contributed by atoms with E-state index in [0.717, 1.165) is 6.26 Å². The van der Waals surface area contributed by atoms with Crippen LogP contribution in [0.5, 0.6) is 0 Å². The second kappa shape index (κ2) is 6.79. The maximum atomic E-state index is 11.8. The van der Waals surface area contributed by atoms with Gasteiger partial charge >= 0.3 is 0 Å². The third-order valence-electron chi connectivity index (χ3n) is 2.85. The smallest absolute Gasteiger partial charge is 0.258 e. The van der Waals surface area contributed by atoms with E-state index in [0.29, 0.717) is 42.8 Å². The van der Waals surface area contributed by atoms with Gasteiger partial charge in [-0.2, -0.15) is 0 Å². The number of nitrogens with one attached hydrogen (secondary N) is 3. The zero-order valence-electron chi connectivity index (χ0n) is 11.7. The minimum atomic E-state index is -3.13. The average molecular weight is 310 g/mol. The molecule has 0 aliphatic carbocycles. The Balaban J connectivity index is 1.85. The van der Waals surface area contributed by atoms with Gasteiger partial charge in [0.05, 0.1) is 23.7 Å². The molecule has 8 heteroatoms. The summed E-state index contributed by atoms with van der Waals surface area (Å²) in [6, 6.07) is 7.16. The van der Waals surface area contributed by atoms with E-state index in [4.69, 9.17) is 0 Å². The van der Waals surface area contributed by atoms with E-state index < -0.39 is 10.0 Å². The Morgan fingerprint density at radius 1 is 1.24 bits per heavy atom. The molecule has 21 heavy (non-hydrogen) atoms. The van der Waals surface area contributed by atoms with Crippen LogP contribution in [0.3, 0.4) is 0 Å². The highest BCUT2D eigenvalue weighted by Crippen LogP contribution is 2.05. The fourth-order valence-corrected chi connectivity index (χ4v) is 2.41. The van der Waals surface area contributed by atoms with Crippen molar-refractivity contribution in [3.63, 3.8) is 0 Å². The molecule has 1 heterocycles. The number of benzene rings is 1. The molecule has 0 bridgehead atoms. The second-order valence-corrected chi connectivity index (χ2v) is 6.56. The minimum Gasteiger partial charge on any atom is -0.310 e. The van der Waals surface area contributed by atoms with Crippen molar-refractivity contribution in [2.45, 2.75) is 13.0 Å². The molecule has 0 spiro atoms. The van der Waals surface area contributed by atoms with Gasteiger partial charge in [-0.1, -0.05) is 12.1 Å². The van der Waals surface area contributed by atoms with Crippen LogP contribution in [0.4, 0.5) is 0 Å². The van der Waals surface area contributed by atoms with E-state index in [1.807, 2.05) is 6.07 Å². The molecule has 0 radical (unpaired) electrons. The van der Waals surface area contributed by atoms with Crippen LogP contribution in [0.25, 0.3) is 10.9 Å². The summed E-state index contributed by atoms with van der Waals surface area (Å²) in [7, 11) is -3.13. The van der Waals surface area contributed by atoms with Crippen molar-refractivity contribution in [3.8, 4) is 0 Å². The minimum absolute atomic E-state index is 0.156. The molecular formula is C13H18N4O3S. The summed E-state index contributed by atoms with van der Waals surface area (Å²) in [6.45, 7) is 1.44. The number of fused-ring (bicyclic) bond motifs is 1. The van der Waals surface area contributed by atoms with E-state index in [1.54, 1.807) is 18.2 Å². The predicted octanol–water partition coefficient (Wildman–Crippen LogP) is -0.0480. The monoisotopic (exact) mass is 310 g/mol. The van der Waals surface area contributed by atoms with Gasteiger partial charge in [0.25, 0.3) is 5.56 Å². The number of H-pyrrole nitrogens is 1. The predicted molar refractivity (Wildman–Crippen MR) is 81.5 cm³/mol. The number of hydrogen-bond acceptors (Lipinski definition) is 5. The standard InChI is InChI=1S/C13H18N4O3S/c1-21(19,20)15-8-4-7-14-9-12-16-11-6-3-2-5-10(11)13(18)17-12/h2-3,5-6,14-15H,4,7-9H2,1H3,(H,16,17,18). The van der Waals surface area contributed by atoms with Gasteiger partial charge in [0.2, 0.25) is 10.0 Å². The van der Waals surface area contributed by atoms with Crippen molar-refractivity contribution in [3.05, 3.63) is 40.4 Å². The Hall–Kier alpha value is -1.77. The van der Waals surface area contributed by atoms with Crippen LogP contribution in [0, 0.1) is 0 Å². The van der Waals surface area contributed by atoms with Crippen molar-refractivity contribution in [1.82, 2.24) is 20.0 Å². The maximum Gasteiger partial charge on any atom is 0.258 e. The Labute approximate surface area is 122 Å². The Bertz CT molecular complexity index is 770. The molecule has 0 saturated heterocycles. The molecule has 0 fully saturated rings. The van der Waals surface area contributed by atoms with Crippen molar-refractivity contribution >= 4 is 20.9 Å². The molecule has 0 unspecified atom stereocenters. The highest BCUT2D eigenvalue weighted by molar-refractivity contribution is 7.88. The fourth-order valence-electron chi connectivity index (χ4n) is 1.90. The Morgan fingerprint density at radius 3 is 2.76 bits per heavy atom. The third kappa shape index (κ3) is 4.92. The summed E-state index contributed by atoms with van der Waals surface area (Å²) in [4.78, 5) is 18.9. The number of hydrogen-bond donors (Lipinski definition) is 3. The first kappa shape index (κ1) is 15.6. The van der Waals surface area contributed by atoms with Gasteiger partial charge in [-0.25, -0.2) is 18.1 Å². The van der Waals surface area contributed by atoms with Gasteiger partial charge in [0.15, 0.2) is 0 Å². The molecular weight excluding hydrogens is 292 g/mol. The number of aromatic nitrogens is 2. The SMILES string of the molecule is CS(=O)(=O)NCCCNCc1nc2ccccc2c(=O)[nH]1. The largest absolute Gasteiger partial charge is 0.310 e. The highest BCUT2D eigenvalue weighted by Gasteiger charge is 2.03. The van der Waals surface area contributed by atoms with Crippen LogP contribution in [0.15, 0.2) is 29.1 Å². The normalized spacial score (nSPS) is 11.9. The Kier molecular flexibility index (Phi) is 5.05. The maximum absolute atomic E-state index is 11.8. The van der Waals surface area contributed by atoms with Gasteiger partial charge < -0.3 is 10.3 Å². The Morgan fingerprint density at radius 2 is 2.00 bits per heavy atom. The first-order valence-corrected chi connectivity index (χ1v) is 8.48. The van der Waals surface area contributed by atoms with Gasteiger partial charge in [0, 0.05) is 6.54 Å². The molecule has 2 aromatic rings. The lowest BCUT2D eigenvalue weighted by Gasteiger charge is -2.06. The van der Waals surface area contributed by atoms with E-state index in [2.05, 4.69) is 20.0 Å². The van der Waals surface area contributed by atoms with Crippen LogP contribution in [-0.2, 0) is 16.6 Å². The van der Waals surface area contributed by atoms with Crippen molar-refractivity contribution in [1.29, 1.82) is 0 Å². The number of nitrogens with zero attached hydrogens (tertiary/aromatic N) is 1. The summed E-state index contributed by atoms with van der Waals surface area (Å²) in [5, 5.41) is 3.68. The van der Waals surface area contributed by atoms with Crippen LogP contribution in [0.2, 0.25) is 0 Å². The molecule has 7 nitrogen and oxygen atoms in total. The molecule has 0 aliphatic rings. The number of para-hydroxylation sites is 1. The van der Waals surface area contributed by atoms with E-state index >= 15 is 0 Å². The number of sulfonamides is 1. The second-order valence-electron chi connectivity index (χ2n) is 4.73. The first-order valence-electron chi connectivity index (χ1n) is 6.59. The summed E-state index contributed by atoms with van der Waals surface area (Å²) >= 11 is 0. The first-order chi connectivity index (χ1) is 9.96. The van der Waals surface area contributed by atoms with Gasteiger partial charge in [-0.3, -0.25) is 4.79 Å². The highest BCUT2D eigenvalue weighted by atomic mass is 32.2. The third-order valence-corrected chi connectivity index (χ3v) is 3.58. The molecule has 0 atom stereocenters. The van der Waals surface area contributed by atoms with Crippen LogP contribution in [-0.4, -0.2) is 37.7 Å². The van der Waals surface area contributed by atoms with Crippen molar-refractivity contribution in [2.24, 2.45) is 0 Å². The summed E-state index contributed by atoms with van der Waals surface area (Å²) in [5.74, 6) is 0.565. The topological polar surface area (TPSA) is 104 Å². The zero-order chi connectivity index (χ0) is 15.3. The summed E-state index contributed by atoms with van der Waals surface area (Å²) in [5.41, 5.74) is 0.507. The zero-order valence-corrected chi connectivity index (χ0v) is 12.5. The van der Waals surface area contributed by atoms with Crippen LogP contribution in [0.1, 0.15) is 12.2 Å². The summed E-state index contributed by atoms with van der Waals surface area (Å²) < 4.78 is 24.1. The molecule has 1 aromatic heterocycles. The van der Waals surface area contributed by atoms with Crippen molar-refractivity contribution in [2.75, 3.05) is 19.3 Å². The van der Waals surface area contributed by atoms with Crippen molar-refractivity contribution < 1.29 is 8.42 Å². The van der Waals surface area contributed by atoms with E-state index in [1.165, 1.54) is 0 Å². The van der Waals surface area contributed by atoms with Crippen LogP contribution >= 0.6 is 0 Å². The van der Waals surface area contributed by atoms with Gasteiger partial charge in [-0.05, 0) is 25.1 Å².